The summed E-state index contributed by atoms with van der Waals surface area (Å²) in [6, 6.07) is 9.84. The van der Waals surface area contributed by atoms with Crippen LogP contribution >= 0.6 is 11.6 Å². The summed E-state index contributed by atoms with van der Waals surface area (Å²) in [5.41, 5.74) is 1.98. The van der Waals surface area contributed by atoms with Gasteiger partial charge in [-0.15, -0.1) is 0 Å². The van der Waals surface area contributed by atoms with Crippen LogP contribution in [0.4, 0.5) is 0 Å². The van der Waals surface area contributed by atoms with Crippen LogP contribution < -0.4 is 5.32 Å². The van der Waals surface area contributed by atoms with Crippen LogP contribution in [0, 0.1) is 0 Å². The van der Waals surface area contributed by atoms with Crippen molar-refractivity contribution in [1.29, 1.82) is 0 Å². The zero-order chi connectivity index (χ0) is 11.4. The Hall–Kier alpha value is -1.32. The molecular formula is C12H13ClN2O. The van der Waals surface area contributed by atoms with Crippen LogP contribution in [0.15, 0.2) is 41.1 Å². The van der Waals surface area contributed by atoms with Gasteiger partial charge in [-0.05, 0) is 18.6 Å². The molecule has 1 aromatic carbocycles. The first kappa shape index (κ1) is 11.2. The lowest BCUT2D eigenvalue weighted by molar-refractivity contribution is 0.406. The third kappa shape index (κ3) is 2.62. The van der Waals surface area contributed by atoms with Gasteiger partial charge in [-0.1, -0.05) is 35.0 Å². The van der Waals surface area contributed by atoms with Gasteiger partial charge in [-0.2, -0.15) is 0 Å². The van der Waals surface area contributed by atoms with Gasteiger partial charge in [0.05, 0.1) is 5.69 Å². The Balaban J connectivity index is 1.98. The summed E-state index contributed by atoms with van der Waals surface area (Å²) >= 11 is 6.11. The molecule has 1 N–H and O–H groups in total. The quantitative estimate of drug-likeness (QED) is 0.886. The standard InChI is InChI=1S/C12H13ClN2O/c1-9(11-4-2-3-5-12(11)13)14-8-10-6-7-16-15-10/h2-7,9,14H,8H2,1H3. The number of aromatic nitrogens is 1. The molecule has 0 bridgehead atoms. The van der Waals surface area contributed by atoms with Gasteiger partial charge in [-0.25, -0.2) is 0 Å². The van der Waals surface area contributed by atoms with Crippen molar-refractivity contribution in [2.24, 2.45) is 0 Å². The van der Waals surface area contributed by atoms with E-state index in [0.717, 1.165) is 16.3 Å². The van der Waals surface area contributed by atoms with E-state index in [4.69, 9.17) is 16.1 Å². The lowest BCUT2D eigenvalue weighted by Gasteiger charge is -2.14. The van der Waals surface area contributed by atoms with Crippen LogP contribution in [-0.2, 0) is 6.54 Å². The SMILES string of the molecule is CC(NCc1ccon1)c1ccccc1Cl. The number of halogens is 1. The topological polar surface area (TPSA) is 38.1 Å². The minimum atomic E-state index is 0.186. The highest BCUT2D eigenvalue weighted by Crippen LogP contribution is 2.22. The Kier molecular flexibility index (Phi) is 3.59. The van der Waals surface area contributed by atoms with Crippen LogP contribution in [0.5, 0.6) is 0 Å². The van der Waals surface area contributed by atoms with E-state index in [0.29, 0.717) is 6.54 Å². The van der Waals surface area contributed by atoms with Crippen molar-refractivity contribution in [3.8, 4) is 0 Å². The van der Waals surface area contributed by atoms with Crippen molar-refractivity contribution < 1.29 is 4.52 Å². The molecule has 1 unspecified atom stereocenters. The van der Waals surface area contributed by atoms with Crippen molar-refractivity contribution in [3.05, 3.63) is 52.9 Å². The molecule has 3 nitrogen and oxygen atoms in total. The maximum Gasteiger partial charge on any atom is 0.124 e. The number of benzene rings is 1. The van der Waals surface area contributed by atoms with Crippen molar-refractivity contribution in [2.75, 3.05) is 0 Å². The molecule has 0 spiro atoms. The van der Waals surface area contributed by atoms with Crippen molar-refractivity contribution in [1.82, 2.24) is 10.5 Å². The first-order valence-corrected chi connectivity index (χ1v) is 5.52. The predicted octanol–water partition coefficient (Wildman–Crippen LogP) is 3.18. The third-order valence-electron chi connectivity index (χ3n) is 2.45. The van der Waals surface area contributed by atoms with Crippen LogP contribution in [-0.4, -0.2) is 5.16 Å². The molecule has 16 heavy (non-hydrogen) atoms. The molecule has 0 amide bonds. The summed E-state index contributed by atoms with van der Waals surface area (Å²) in [5, 5.41) is 7.95. The van der Waals surface area contributed by atoms with E-state index in [1.165, 1.54) is 0 Å². The summed E-state index contributed by atoms with van der Waals surface area (Å²) in [6.07, 6.45) is 1.57. The molecule has 0 aliphatic carbocycles. The highest BCUT2D eigenvalue weighted by Gasteiger charge is 2.08. The van der Waals surface area contributed by atoms with E-state index in [9.17, 15) is 0 Å². The Morgan fingerprint density at radius 3 is 2.88 bits per heavy atom. The van der Waals surface area contributed by atoms with Crippen LogP contribution in [0.3, 0.4) is 0 Å². The number of rotatable bonds is 4. The van der Waals surface area contributed by atoms with Gasteiger partial charge in [0.1, 0.15) is 6.26 Å². The van der Waals surface area contributed by atoms with E-state index in [1.807, 2.05) is 30.3 Å². The second kappa shape index (κ2) is 5.14. The van der Waals surface area contributed by atoms with E-state index in [1.54, 1.807) is 6.26 Å². The van der Waals surface area contributed by atoms with Crippen LogP contribution in [0.25, 0.3) is 0 Å². The zero-order valence-electron chi connectivity index (χ0n) is 8.98. The molecule has 1 atom stereocenters. The third-order valence-corrected chi connectivity index (χ3v) is 2.80. The van der Waals surface area contributed by atoms with Crippen LogP contribution in [0.1, 0.15) is 24.2 Å². The lowest BCUT2D eigenvalue weighted by atomic mass is 10.1. The summed E-state index contributed by atoms with van der Waals surface area (Å²) in [5.74, 6) is 0. The summed E-state index contributed by atoms with van der Waals surface area (Å²) in [7, 11) is 0. The maximum absolute atomic E-state index is 6.11. The van der Waals surface area contributed by atoms with Crippen molar-refractivity contribution in [3.63, 3.8) is 0 Å². The smallest absolute Gasteiger partial charge is 0.124 e. The first-order valence-electron chi connectivity index (χ1n) is 5.14. The minimum Gasteiger partial charge on any atom is -0.364 e. The first-order chi connectivity index (χ1) is 7.77. The Morgan fingerprint density at radius 2 is 2.19 bits per heavy atom. The largest absolute Gasteiger partial charge is 0.364 e. The molecule has 0 radical (unpaired) electrons. The average Bonchev–Trinajstić information content (AvgIpc) is 2.79. The van der Waals surface area contributed by atoms with E-state index in [-0.39, 0.29) is 6.04 Å². The molecule has 4 heteroatoms. The molecule has 1 heterocycles. The highest BCUT2D eigenvalue weighted by atomic mass is 35.5. The fourth-order valence-electron chi connectivity index (χ4n) is 1.52. The Morgan fingerprint density at radius 1 is 1.38 bits per heavy atom. The Labute approximate surface area is 99.4 Å². The van der Waals surface area contributed by atoms with Gasteiger partial charge in [0.25, 0.3) is 0 Å². The number of hydrogen-bond donors (Lipinski definition) is 1. The lowest BCUT2D eigenvalue weighted by Crippen LogP contribution is -2.18. The van der Waals surface area contributed by atoms with E-state index < -0.39 is 0 Å². The molecule has 1 aromatic heterocycles. The molecule has 0 fully saturated rings. The van der Waals surface area contributed by atoms with Gasteiger partial charge in [-0.3, -0.25) is 0 Å². The predicted molar refractivity (Wildman–Crippen MR) is 63.2 cm³/mol. The normalized spacial score (nSPS) is 12.6. The number of nitrogens with zero attached hydrogens (tertiary/aromatic N) is 1. The molecule has 2 aromatic rings. The molecule has 0 aliphatic heterocycles. The molecule has 84 valence electrons. The van der Waals surface area contributed by atoms with Crippen LogP contribution in [0.2, 0.25) is 5.02 Å². The second-order valence-corrected chi connectivity index (χ2v) is 4.02. The maximum atomic E-state index is 6.11. The molecule has 0 saturated heterocycles. The average molecular weight is 237 g/mol. The summed E-state index contributed by atoms with van der Waals surface area (Å²) in [4.78, 5) is 0. The molecule has 0 aliphatic rings. The molecule has 0 saturated carbocycles. The van der Waals surface area contributed by atoms with Gasteiger partial charge in [0.15, 0.2) is 0 Å². The summed E-state index contributed by atoms with van der Waals surface area (Å²) < 4.78 is 4.76. The van der Waals surface area contributed by atoms with Gasteiger partial charge in [0.2, 0.25) is 0 Å². The molecular weight excluding hydrogens is 224 g/mol. The van der Waals surface area contributed by atoms with E-state index in [2.05, 4.69) is 17.4 Å². The monoisotopic (exact) mass is 236 g/mol. The number of nitrogens with one attached hydrogen (secondary N) is 1. The van der Waals surface area contributed by atoms with Crippen molar-refractivity contribution >= 4 is 11.6 Å². The molecule has 2 rings (SSSR count). The van der Waals surface area contributed by atoms with Crippen molar-refractivity contribution in [2.45, 2.75) is 19.5 Å². The zero-order valence-corrected chi connectivity index (χ0v) is 9.74. The number of hydrogen-bond acceptors (Lipinski definition) is 3. The Bertz CT molecular complexity index is 442. The fourth-order valence-corrected chi connectivity index (χ4v) is 1.82. The van der Waals surface area contributed by atoms with Gasteiger partial charge < -0.3 is 9.84 Å². The fraction of sp³-hybridized carbons (Fsp3) is 0.250. The van der Waals surface area contributed by atoms with E-state index >= 15 is 0 Å². The van der Waals surface area contributed by atoms with Gasteiger partial charge in [0, 0.05) is 23.7 Å². The highest BCUT2D eigenvalue weighted by molar-refractivity contribution is 6.31. The summed E-state index contributed by atoms with van der Waals surface area (Å²) in [6.45, 7) is 2.74. The van der Waals surface area contributed by atoms with Gasteiger partial charge >= 0.3 is 0 Å². The minimum absolute atomic E-state index is 0.186. The second-order valence-electron chi connectivity index (χ2n) is 3.61.